The third kappa shape index (κ3) is 7.94. The number of carbonyl (C=O) groups excluding carboxylic acids is 2. The van der Waals surface area contributed by atoms with E-state index in [0.717, 1.165) is 25.3 Å². The normalized spacial score (nSPS) is 14.0. The molecule has 1 atom stereocenters. The van der Waals surface area contributed by atoms with Crippen LogP contribution in [0.5, 0.6) is 0 Å². The standard InChI is InChI=1S/C37H33F2N9O6S/c1-47-31-9-5-14-40-33(31)36(50)48(47)24-12-11-23(43-21-24)17-30(37(51)54-25-7-3-2-4-8-25)45-35(49)26-18-28(39)29(19-27(26)38)46-55(52,53)32-13-10-22(20-44-32)34-41-15-6-16-42-34/h5-6,9-16,18-21,25,30,46H,2-4,7-8,17H2,1H3,(H,45,49)/t30-/m0/s1. The number of sulfonamides is 1. The minimum absolute atomic E-state index is 0.187. The number of benzene rings is 1. The molecule has 5 aromatic heterocycles. The summed E-state index contributed by atoms with van der Waals surface area (Å²) in [5.74, 6) is -4.16. The lowest BCUT2D eigenvalue weighted by Crippen LogP contribution is -2.45. The van der Waals surface area contributed by atoms with Crippen LogP contribution in [-0.2, 0) is 33.0 Å². The van der Waals surface area contributed by atoms with Crippen LogP contribution >= 0.6 is 0 Å². The van der Waals surface area contributed by atoms with Crippen molar-refractivity contribution >= 4 is 38.6 Å². The molecule has 282 valence electrons. The highest BCUT2D eigenvalue weighted by Crippen LogP contribution is 2.25. The largest absolute Gasteiger partial charge is 0.461 e. The number of aromatic nitrogens is 7. The molecule has 1 aliphatic carbocycles. The average molecular weight is 770 g/mol. The molecule has 1 saturated carbocycles. The van der Waals surface area contributed by atoms with Crippen LogP contribution in [0.2, 0.25) is 0 Å². The van der Waals surface area contributed by atoms with Gasteiger partial charge in [0.05, 0.1) is 28.7 Å². The van der Waals surface area contributed by atoms with Crippen LogP contribution in [0.15, 0.2) is 95.4 Å². The number of fused-ring (bicyclic) bond motifs is 1. The molecule has 1 fully saturated rings. The topological polar surface area (TPSA) is 193 Å². The van der Waals surface area contributed by atoms with Gasteiger partial charge in [0.1, 0.15) is 23.8 Å². The molecule has 1 aromatic carbocycles. The summed E-state index contributed by atoms with van der Waals surface area (Å²) in [6.45, 7) is 0. The van der Waals surface area contributed by atoms with Gasteiger partial charge in [0.2, 0.25) is 0 Å². The van der Waals surface area contributed by atoms with Crippen LogP contribution in [0.25, 0.3) is 28.1 Å². The van der Waals surface area contributed by atoms with Crippen molar-refractivity contribution in [1.82, 2.24) is 39.6 Å². The number of nitrogens with one attached hydrogen (secondary N) is 2. The number of aryl methyl sites for hydroxylation is 1. The van der Waals surface area contributed by atoms with Gasteiger partial charge in [0.25, 0.3) is 21.5 Å². The Morgan fingerprint density at radius 3 is 2.36 bits per heavy atom. The molecule has 5 heterocycles. The van der Waals surface area contributed by atoms with Gasteiger partial charge in [-0.15, -0.1) is 0 Å². The van der Waals surface area contributed by atoms with Crippen molar-refractivity contribution in [3.63, 3.8) is 0 Å². The molecule has 0 aliphatic heterocycles. The molecule has 55 heavy (non-hydrogen) atoms. The average Bonchev–Trinajstić information content (AvgIpc) is 3.45. The lowest BCUT2D eigenvalue weighted by Gasteiger charge is -2.25. The lowest BCUT2D eigenvalue weighted by molar-refractivity contribution is -0.152. The molecular formula is C37H33F2N9O6S. The summed E-state index contributed by atoms with van der Waals surface area (Å²) in [6.07, 6.45) is 10.6. The molecule has 6 aromatic rings. The number of ether oxygens (including phenoxy) is 1. The van der Waals surface area contributed by atoms with Crippen LogP contribution in [0.3, 0.4) is 0 Å². The smallest absolute Gasteiger partial charge is 0.329 e. The third-order valence-electron chi connectivity index (χ3n) is 9.10. The molecule has 0 unspecified atom stereocenters. The summed E-state index contributed by atoms with van der Waals surface area (Å²) < 4.78 is 67.5. The molecule has 0 bridgehead atoms. The highest BCUT2D eigenvalue weighted by atomic mass is 32.2. The van der Waals surface area contributed by atoms with Gasteiger partial charge in [-0.1, -0.05) is 6.42 Å². The molecule has 2 N–H and O–H groups in total. The number of anilines is 1. The SMILES string of the molecule is Cn1c2cccnc2c(=O)n1-c1ccc(C[C@H](NC(=O)c2cc(F)c(NS(=O)(=O)c3ccc(-c4ncccn4)cn3)cc2F)C(=O)OC2CCCCC2)nc1. The number of halogens is 2. The predicted octanol–water partition coefficient (Wildman–Crippen LogP) is 4.27. The van der Waals surface area contributed by atoms with Gasteiger partial charge >= 0.3 is 5.97 Å². The van der Waals surface area contributed by atoms with Crippen LogP contribution in [0, 0.1) is 11.6 Å². The van der Waals surface area contributed by atoms with Crippen molar-refractivity contribution in [3.05, 3.63) is 119 Å². The summed E-state index contributed by atoms with van der Waals surface area (Å²) in [6, 6.07) is 10.5. The van der Waals surface area contributed by atoms with Gasteiger partial charge in [-0.05, 0) is 74.2 Å². The summed E-state index contributed by atoms with van der Waals surface area (Å²) in [7, 11) is -2.79. The van der Waals surface area contributed by atoms with Crippen LogP contribution in [0.1, 0.15) is 48.2 Å². The van der Waals surface area contributed by atoms with Crippen molar-refractivity contribution in [2.45, 2.75) is 55.7 Å². The van der Waals surface area contributed by atoms with E-state index in [1.165, 1.54) is 41.7 Å². The predicted molar refractivity (Wildman–Crippen MR) is 194 cm³/mol. The number of rotatable bonds is 11. The maximum absolute atomic E-state index is 15.4. The lowest BCUT2D eigenvalue weighted by atomic mass is 9.97. The van der Waals surface area contributed by atoms with E-state index >= 15 is 8.78 Å². The maximum Gasteiger partial charge on any atom is 0.329 e. The summed E-state index contributed by atoms with van der Waals surface area (Å²) in [5.41, 5.74) is 0.149. The Morgan fingerprint density at radius 2 is 1.67 bits per heavy atom. The molecule has 0 radical (unpaired) electrons. The minimum Gasteiger partial charge on any atom is -0.461 e. The second kappa shape index (κ2) is 15.5. The number of hydrogen-bond donors (Lipinski definition) is 2. The number of hydrogen-bond acceptors (Lipinski definition) is 11. The first kappa shape index (κ1) is 36.9. The fraction of sp³-hybridized carbons (Fsp3) is 0.243. The van der Waals surface area contributed by atoms with Gasteiger partial charge < -0.3 is 10.1 Å². The Hall–Kier alpha value is -6.43. The number of carbonyl (C=O) groups is 2. The highest BCUT2D eigenvalue weighted by Gasteiger charge is 2.29. The van der Waals surface area contributed by atoms with E-state index in [0.29, 0.717) is 53.3 Å². The molecule has 15 nitrogen and oxygen atoms in total. The second-order valence-electron chi connectivity index (χ2n) is 12.8. The quantitative estimate of drug-likeness (QED) is 0.179. The van der Waals surface area contributed by atoms with Gasteiger partial charge in [-0.25, -0.2) is 38.2 Å². The van der Waals surface area contributed by atoms with Gasteiger partial charge in [0.15, 0.2) is 16.4 Å². The molecule has 1 aliphatic rings. The van der Waals surface area contributed by atoms with E-state index in [9.17, 15) is 22.8 Å². The highest BCUT2D eigenvalue weighted by molar-refractivity contribution is 7.92. The van der Waals surface area contributed by atoms with Gasteiger partial charge in [0, 0.05) is 55.6 Å². The molecule has 18 heteroatoms. The number of nitrogens with zero attached hydrogens (tertiary/aromatic N) is 7. The third-order valence-corrected chi connectivity index (χ3v) is 10.4. The number of esters is 1. The van der Waals surface area contributed by atoms with Crippen molar-refractivity contribution in [3.8, 4) is 17.1 Å². The van der Waals surface area contributed by atoms with E-state index in [1.807, 2.05) is 4.72 Å². The summed E-state index contributed by atoms with van der Waals surface area (Å²) >= 11 is 0. The van der Waals surface area contributed by atoms with Crippen molar-refractivity contribution in [2.75, 3.05) is 4.72 Å². The molecule has 0 saturated heterocycles. The minimum atomic E-state index is -4.50. The van der Waals surface area contributed by atoms with E-state index in [-0.39, 0.29) is 23.6 Å². The molecule has 0 spiro atoms. The van der Waals surface area contributed by atoms with E-state index in [4.69, 9.17) is 4.74 Å². The Balaban J connectivity index is 1.09. The Labute approximate surface area is 312 Å². The van der Waals surface area contributed by atoms with Crippen molar-refractivity contribution in [1.29, 1.82) is 0 Å². The Bertz CT molecular complexity index is 2540. The van der Waals surface area contributed by atoms with E-state index < -0.39 is 55.9 Å². The first-order valence-corrected chi connectivity index (χ1v) is 18.7. The molecule has 1 amide bonds. The second-order valence-corrected chi connectivity index (χ2v) is 14.5. The van der Waals surface area contributed by atoms with Crippen molar-refractivity contribution in [2.24, 2.45) is 7.05 Å². The maximum atomic E-state index is 15.4. The monoisotopic (exact) mass is 769 g/mol. The zero-order chi connectivity index (χ0) is 38.7. The van der Waals surface area contributed by atoms with Gasteiger partial charge in [-0.2, -0.15) is 8.42 Å². The van der Waals surface area contributed by atoms with Gasteiger partial charge in [-0.3, -0.25) is 24.0 Å². The van der Waals surface area contributed by atoms with Crippen LogP contribution in [0.4, 0.5) is 14.5 Å². The zero-order valence-electron chi connectivity index (χ0n) is 29.2. The van der Waals surface area contributed by atoms with E-state index in [1.54, 1.807) is 42.1 Å². The van der Waals surface area contributed by atoms with Crippen LogP contribution in [-0.4, -0.2) is 66.7 Å². The first-order valence-electron chi connectivity index (χ1n) is 17.2. The molecule has 7 rings (SSSR count). The Morgan fingerprint density at radius 1 is 0.909 bits per heavy atom. The van der Waals surface area contributed by atoms with Crippen molar-refractivity contribution < 1.29 is 31.5 Å². The Kier molecular flexibility index (Phi) is 10.4. The fourth-order valence-corrected chi connectivity index (χ4v) is 7.29. The fourth-order valence-electron chi connectivity index (χ4n) is 6.30. The number of amides is 1. The summed E-state index contributed by atoms with van der Waals surface area (Å²) in [5, 5.41) is 1.96. The zero-order valence-corrected chi connectivity index (χ0v) is 30.0. The summed E-state index contributed by atoms with van der Waals surface area (Å²) in [4.78, 5) is 60.6. The van der Waals surface area contributed by atoms with E-state index in [2.05, 4.69) is 30.2 Å². The first-order chi connectivity index (χ1) is 26.5. The van der Waals surface area contributed by atoms with Crippen LogP contribution < -0.4 is 15.6 Å². The molecular weight excluding hydrogens is 737 g/mol. The number of pyridine rings is 3.